The highest BCUT2D eigenvalue weighted by Crippen LogP contribution is 2.31. The first-order valence-electron chi connectivity index (χ1n) is 6.48. The van der Waals surface area contributed by atoms with Crippen LogP contribution in [-0.2, 0) is 9.53 Å². The number of anilines is 1. The second kappa shape index (κ2) is 5.53. The molecule has 0 bridgehead atoms. The van der Waals surface area contributed by atoms with Crippen LogP contribution in [0.5, 0.6) is 0 Å². The van der Waals surface area contributed by atoms with E-state index in [-0.39, 0.29) is 5.41 Å². The highest BCUT2D eigenvalue weighted by molar-refractivity contribution is 5.62. The lowest BCUT2D eigenvalue weighted by Gasteiger charge is -2.36. The SMILES string of the molecule is Cc1ccccc1N(C)CC1(C=O)CCOCC1. The minimum Gasteiger partial charge on any atom is -0.381 e. The van der Waals surface area contributed by atoms with Crippen molar-refractivity contribution in [2.75, 3.05) is 31.7 Å². The zero-order valence-electron chi connectivity index (χ0n) is 11.2. The number of carbonyl (C=O) groups is 1. The van der Waals surface area contributed by atoms with Gasteiger partial charge in [0.05, 0.1) is 0 Å². The summed E-state index contributed by atoms with van der Waals surface area (Å²) in [5.74, 6) is 0. The highest BCUT2D eigenvalue weighted by Gasteiger charge is 2.33. The van der Waals surface area contributed by atoms with E-state index >= 15 is 0 Å². The largest absolute Gasteiger partial charge is 0.381 e. The van der Waals surface area contributed by atoms with E-state index in [9.17, 15) is 4.79 Å². The molecule has 1 aliphatic rings. The molecule has 1 aliphatic heterocycles. The summed E-state index contributed by atoms with van der Waals surface area (Å²) in [6.07, 6.45) is 2.78. The average Bonchev–Trinajstić information content (AvgIpc) is 2.40. The van der Waals surface area contributed by atoms with Crippen molar-refractivity contribution in [3.8, 4) is 0 Å². The van der Waals surface area contributed by atoms with Gasteiger partial charge in [-0.1, -0.05) is 18.2 Å². The Morgan fingerprint density at radius 1 is 1.33 bits per heavy atom. The predicted octanol–water partition coefficient (Wildman–Crippen LogP) is 2.43. The number of benzene rings is 1. The fraction of sp³-hybridized carbons (Fsp3) is 0.533. The van der Waals surface area contributed by atoms with E-state index in [0.717, 1.165) is 25.7 Å². The van der Waals surface area contributed by atoms with Crippen LogP contribution in [0, 0.1) is 12.3 Å². The number of nitrogens with zero attached hydrogens (tertiary/aromatic N) is 1. The molecule has 0 spiro atoms. The van der Waals surface area contributed by atoms with Gasteiger partial charge >= 0.3 is 0 Å². The molecule has 3 heteroatoms. The number of aryl methyl sites for hydroxylation is 1. The molecular weight excluding hydrogens is 226 g/mol. The lowest BCUT2D eigenvalue weighted by Crippen LogP contribution is -2.41. The van der Waals surface area contributed by atoms with Crippen molar-refractivity contribution in [1.29, 1.82) is 0 Å². The van der Waals surface area contributed by atoms with Crippen molar-refractivity contribution in [2.24, 2.45) is 5.41 Å². The summed E-state index contributed by atoms with van der Waals surface area (Å²) in [4.78, 5) is 13.6. The average molecular weight is 247 g/mol. The van der Waals surface area contributed by atoms with Gasteiger partial charge in [-0.25, -0.2) is 0 Å². The summed E-state index contributed by atoms with van der Waals surface area (Å²) >= 11 is 0. The first-order valence-corrected chi connectivity index (χ1v) is 6.48. The summed E-state index contributed by atoms with van der Waals surface area (Å²) in [7, 11) is 2.06. The lowest BCUT2D eigenvalue weighted by atomic mass is 9.81. The molecule has 0 aliphatic carbocycles. The van der Waals surface area contributed by atoms with Gasteiger partial charge in [-0.2, -0.15) is 0 Å². The maximum absolute atomic E-state index is 11.5. The molecule has 0 atom stereocenters. The second-order valence-electron chi connectivity index (χ2n) is 5.24. The van der Waals surface area contributed by atoms with E-state index in [1.165, 1.54) is 11.3 Å². The molecule has 1 fully saturated rings. The molecule has 0 unspecified atom stereocenters. The Hall–Kier alpha value is -1.35. The Labute approximate surface area is 109 Å². The monoisotopic (exact) mass is 247 g/mol. The summed E-state index contributed by atoms with van der Waals surface area (Å²) in [6.45, 7) is 4.26. The third-order valence-electron chi connectivity index (χ3n) is 3.82. The van der Waals surface area contributed by atoms with Crippen LogP contribution in [0.2, 0.25) is 0 Å². The van der Waals surface area contributed by atoms with E-state index in [1.807, 2.05) is 12.1 Å². The first-order chi connectivity index (χ1) is 8.67. The Morgan fingerprint density at radius 3 is 2.61 bits per heavy atom. The summed E-state index contributed by atoms with van der Waals surface area (Å²) in [5, 5.41) is 0. The summed E-state index contributed by atoms with van der Waals surface area (Å²) < 4.78 is 5.36. The molecular formula is C15H21NO2. The molecule has 1 saturated heterocycles. The molecule has 18 heavy (non-hydrogen) atoms. The quantitative estimate of drug-likeness (QED) is 0.765. The zero-order chi connectivity index (χ0) is 13.0. The summed E-state index contributed by atoms with van der Waals surface area (Å²) in [6, 6.07) is 8.28. The van der Waals surface area contributed by atoms with E-state index in [1.54, 1.807) is 0 Å². The van der Waals surface area contributed by atoms with Crippen LogP contribution < -0.4 is 4.90 Å². The minimum atomic E-state index is -0.241. The topological polar surface area (TPSA) is 29.5 Å². The van der Waals surface area contributed by atoms with Crippen LogP contribution >= 0.6 is 0 Å². The number of ether oxygens (including phenoxy) is 1. The lowest BCUT2D eigenvalue weighted by molar-refractivity contribution is -0.120. The Balaban J connectivity index is 2.12. The molecule has 0 radical (unpaired) electrons. The van der Waals surface area contributed by atoms with Crippen molar-refractivity contribution < 1.29 is 9.53 Å². The molecule has 2 rings (SSSR count). The fourth-order valence-electron chi connectivity index (χ4n) is 2.64. The van der Waals surface area contributed by atoms with Gasteiger partial charge in [0, 0.05) is 37.9 Å². The van der Waals surface area contributed by atoms with Crippen molar-refractivity contribution >= 4 is 12.0 Å². The maximum Gasteiger partial charge on any atom is 0.128 e. The van der Waals surface area contributed by atoms with Crippen molar-refractivity contribution in [3.05, 3.63) is 29.8 Å². The molecule has 0 N–H and O–H groups in total. The molecule has 1 aromatic carbocycles. The Morgan fingerprint density at radius 2 is 2.00 bits per heavy atom. The number of hydrogen-bond acceptors (Lipinski definition) is 3. The number of aldehydes is 1. The third kappa shape index (κ3) is 2.72. The standard InChI is InChI=1S/C15H21NO2/c1-13-5-3-4-6-14(13)16(2)11-15(12-17)7-9-18-10-8-15/h3-6,12H,7-11H2,1-2H3. The number of para-hydroxylation sites is 1. The van der Waals surface area contributed by atoms with Crippen LogP contribution in [0.1, 0.15) is 18.4 Å². The van der Waals surface area contributed by atoms with Gasteiger partial charge < -0.3 is 14.4 Å². The molecule has 0 amide bonds. The van der Waals surface area contributed by atoms with Crippen LogP contribution in [0.4, 0.5) is 5.69 Å². The molecule has 0 saturated carbocycles. The molecule has 3 nitrogen and oxygen atoms in total. The normalized spacial score (nSPS) is 18.3. The summed E-state index contributed by atoms with van der Waals surface area (Å²) in [5.41, 5.74) is 2.20. The first kappa shape index (κ1) is 13.1. The van der Waals surface area contributed by atoms with Crippen molar-refractivity contribution in [1.82, 2.24) is 0 Å². The molecule has 0 aromatic heterocycles. The number of hydrogen-bond donors (Lipinski definition) is 0. The smallest absolute Gasteiger partial charge is 0.128 e. The minimum absolute atomic E-state index is 0.241. The predicted molar refractivity (Wildman–Crippen MR) is 73.0 cm³/mol. The molecule has 1 aromatic rings. The van der Waals surface area contributed by atoms with Gasteiger partial charge in [0.25, 0.3) is 0 Å². The molecule has 1 heterocycles. The van der Waals surface area contributed by atoms with Crippen LogP contribution in [0.15, 0.2) is 24.3 Å². The highest BCUT2D eigenvalue weighted by atomic mass is 16.5. The van der Waals surface area contributed by atoms with Gasteiger partial charge in [0.2, 0.25) is 0 Å². The Bertz CT molecular complexity index is 411. The second-order valence-corrected chi connectivity index (χ2v) is 5.24. The molecule has 98 valence electrons. The fourth-order valence-corrected chi connectivity index (χ4v) is 2.64. The van der Waals surface area contributed by atoms with Crippen molar-refractivity contribution in [3.63, 3.8) is 0 Å². The number of rotatable bonds is 4. The van der Waals surface area contributed by atoms with E-state index in [0.29, 0.717) is 13.2 Å². The Kier molecular flexibility index (Phi) is 4.02. The van der Waals surface area contributed by atoms with Crippen LogP contribution in [-0.4, -0.2) is 33.1 Å². The van der Waals surface area contributed by atoms with Crippen LogP contribution in [0.25, 0.3) is 0 Å². The van der Waals surface area contributed by atoms with E-state index in [2.05, 4.69) is 31.0 Å². The zero-order valence-corrected chi connectivity index (χ0v) is 11.2. The van der Waals surface area contributed by atoms with Crippen LogP contribution in [0.3, 0.4) is 0 Å². The maximum atomic E-state index is 11.5. The van der Waals surface area contributed by atoms with E-state index in [4.69, 9.17) is 4.74 Å². The number of carbonyl (C=O) groups excluding carboxylic acids is 1. The van der Waals surface area contributed by atoms with E-state index < -0.39 is 0 Å². The van der Waals surface area contributed by atoms with Crippen molar-refractivity contribution in [2.45, 2.75) is 19.8 Å². The van der Waals surface area contributed by atoms with Gasteiger partial charge in [0.15, 0.2) is 0 Å². The van der Waals surface area contributed by atoms with Gasteiger partial charge in [-0.3, -0.25) is 0 Å². The van der Waals surface area contributed by atoms with Gasteiger partial charge in [0.1, 0.15) is 6.29 Å². The van der Waals surface area contributed by atoms with Gasteiger partial charge in [-0.15, -0.1) is 0 Å². The van der Waals surface area contributed by atoms with Gasteiger partial charge in [-0.05, 0) is 31.4 Å². The third-order valence-corrected chi connectivity index (χ3v) is 3.82.